The lowest BCUT2D eigenvalue weighted by Gasteiger charge is -2.32. The van der Waals surface area contributed by atoms with Crippen LogP contribution in [0.1, 0.15) is 31.2 Å². The van der Waals surface area contributed by atoms with E-state index in [0.717, 1.165) is 43.8 Å². The van der Waals surface area contributed by atoms with E-state index < -0.39 is 0 Å². The number of amides is 1. The maximum Gasteiger partial charge on any atom is 0.217 e. The van der Waals surface area contributed by atoms with Crippen LogP contribution in [-0.2, 0) is 11.3 Å². The Hall–Kier alpha value is -1.88. The summed E-state index contributed by atoms with van der Waals surface area (Å²) in [7, 11) is 0. The number of hydrogen-bond donors (Lipinski definition) is 1. The monoisotopic (exact) mass is 286 g/mol. The zero-order chi connectivity index (χ0) is 14.8. The molecule has 0 spiro atoms. The first-order valence-electron chi connectivity index (χ1n) is 7.55. The van der Waals surface area contributed by atoms with Gasteiger partial charge in [-0.25, -0.2) is 4.98 Å². The Morgan fingerprint density at radius 1 is 1.48 bits per heavy atom. The topological polar surface area (TPSA) is 49.6 Å². The van der Waals surface area contributed by atoms with E-state index in [9.17, 15) is 4.79 Å². The highest BCUT2D eigenvalue weighted by atomic mass is 16.1. The smallest absolute Gasteiger partial charge is 0.217 e. The second kappa shape index (κ2) is 5.85. The van der Waals surface area contributed by atoms with Crippen LogP contribution in [0, 0.1) is 6.92 Å². The summed E-state index contributed by atoms with van der Waals surface area (Å²) in [6.45, 7) is 6.50. The number of rotatable bonds is 3. The number of likely N-dealkylation sites (tertiary alicyclic amines) is 1. The van der Waals surface area contributed by atoms with Gasteiger partial charge in [-0.2, -0.15) is 0 Å². The molecule has 0 aliphatic carbocycles. The molecule has 1 fully saturated rings. The Morgan fingerprint density at radius 3 is 3.10 bits per heavy atom. The Bertz CT molecular complexity index is 649. The fourth-order valence-corrected chi connectivity index (χ4v) is 3.11. The van der Waals surface area contributed by atoms with Gasteiger partial charge in [0.25, 0.3) is 0 Å². The van der Waals surface area contributed by atoms with Gasteiger partial charge in [-0.15, -0.1) is 0 Å². The van der Waals surface area contributed by atoms with Crippen molar-refractivity contribution in [2.45, 2.75) is 39.3 Å². The minimum atomic E-state index is 0.0604. The molecule has 1 unspecified atom stereocenters. The van der Waals surface area contributed by atoms with Gasteiger partial charge in [0.2, 0.25) is 5.91 Å². The predicted molar refractivity (Wildman–Crippen MR) is 82.0 cm³/mol. The van der Waals surface area contributed by atoms with Crippen molar-refractivity contribution in [3.63, 3.8) is 0 Å². The van der Waals surface area contributed by atoms with Crippen molar-refractivity contribution in [1.82, 2.24) is 19.6 Å². The summed E-state index contributed by atoms with van der Waals surface area (Å²) in [6.07, 6.45) is 4.31. The normalized spacial score (nSPS) is 19.8. The average molecular weight is 286 g/mol. The predicted octanol–water partition coefficient (Wildman–Crippen LogP) is 1.74. The molecule has 2 aromatic rings. The lowest BCUT2D eigenvalue weighted by atomic mass is 10.1. The van der Waals surface area contributed by atoms with Gasteiger partial charge >= 0.3 is 0 Å². The standard InChI is InChI=1S/C16H22N4O/c1-12-5-3-7-16-18-15(11-20(12)16)10-19-8-4-6-14(9-19)17-13(2)21/h3,5,7,11,14H,4,6,8-10H2,1-2H3,(H,17,21). The van der Waals surface area contributed by atoms with Crippen molar-refractivity contribution in [3.8, 4) is 0 Å². The minimum absolute atomic E-state index is 0.0604. The van der Waals surface area contributed by atoms with Crippen LogP contribution in [-0.4, -0.2) is 39.3 Å². The minimum Gasteiger partial charge on any atom is -0.352 e. The molecule has 1 aliphatic rings. The third-order valence-corrected chi connectivity index (χ3v) is 4.04. The van der Waals surface area contributed by atoms with E-state index in [4.69, 9.17) is 0 Å². The highest BCUT2D eigenvalue weighted by molar-refractivity contribution is 5.73. The number of pyridine rings is 1. The highest BCUT2D eigenvalue weighted by Gasteiger charge is 2.21. The number of imidazole rings is 1. The van der Waals surface area contributed by atoms with Crippen LogP contribution >= 0.6 is 0 Å². The third kappa shape index (κ3) is 3.24. The van der Waals surface area contributed by atoms with Crippen LogP contribution in [0.5, 0.6) is 0 Å². The van der Waals surface area contributed by atoms with Gasteiger partial charge in [0, 0.05) is 37.9 Å². The Kier molecular flexibility index (Phi) is 3.92. The molecular weight excluding hydrogens is 264 g/mol. The van der Waals surface area contributed by atoms with E-state index >= 15 is 0 Å². The summed E-state index contributed by atoms with van der Waals surface area (Å²) in [5.74, 6) is 0.0604. The van der Waals surface area contributed by atoms with Gasteiger partial charge in [-0.3, -0.25) is 9.69 Å². The van der Waals surface area contributed by atoms with E-state index in [-0.39, 0.29) is 11.9 Å². The van der Waals surface area contributed by atoms with E-state index in [1.54, 1.807) is 6.92 Å². The number of fused-ring (bicyclic) bond motifs is 1. The lowest BCUT2D eigenvalue weighted by molar-refractivity contribution is -0.120. The molecule has 3 rings (SSSR count). The fraction of sp³-hybridized carbons (Fsp3) is 0.500. The summed E-state index contributed by atoms with van der Waals surface area (Å²) in [6, 6.07) is 6.43. The first-order chi connectivity index (χ1) is 10.1. The Morgan fingerprint density at radius 2 is 2.33 bits per heavy atom. The lowest BCUT2D eigenvalue weighted by Crippen LogP contribution is -2.46. The van der Waals surface area contributed by atoms with Crippen LogP contribution in [0.3, 0.4) is 0 Å². The average Bonchev–Trinajstić information content (AvgIpc) is 2.82. The van der Waals surface area contributed by atoms with Gasteiger partial charge in [0.15, 0.2) is 0 Å². The van der Waals surface area contributed by atoms with Crippen molar-refractivity contribution in [2.75, 3.05) is 13.1 Å². The van der Waals surface area contributed by atoms with E-state index in [2.05, 4.69) is 38.8 Å². The zero-order valence-electron chi connectivity index (χ0n) is 12.7. The second-order valence-corrected chi connectivity index (χ2v) is 5.90. The van der Waals surface area contributed by atoms with E-state index in [0.29, 0.717) is 0 Å². The maximum absolute atomic E-state index is 11.2. The molecule has 0 aromatic carbocycles. The summed E-state index contributed by atoms with van der Waals surface area (Å²) in [5.41, 5.74) is 3.29. The van der Waals surface area contributed by atoms with Gasteiger partial charge < -0.3 is 9.72 Å². The quantitative estimate of drug-likeness (QED) is 0.935. The summed E-state index contributed by atoms with van der Waals surface area (Å²) >= 11 is 0. The fourth-order valence-electron chi connectivity index (χ4n) is 3.11. The van der Waals surface area contributed by atoms with Crippen molar-refractivity contribution in [1.29, 1.82) is 0 Å². The SMILES string of the molecule is CC(=O)NC1CCCN(Cc2cn3c(C)cccc3n2)C1. The van der Waals surface area contributed by atoms with Crippen LogP contribution in [0.2, 0.25) is 0 Å². The molecule has 1 amide bonds. The van der Waals surface area contributed by atoms with Crippen LogP contribution in [0.15, 0.2) is 24.4 Å². The van der Waals surface area contributed by atoms with Gasteiger partial charge in [0.05, 0.1) is 5.69 Å². The van der Waals surface area contributed by atoms with Crippen molar-refractivity contribution in [3.05, 3.63) is 35.8 Å². The first-order valence-corrected chi connectivity index (χ1v) is 7.55. The number of hydrogen-bond acceptors (Lipinski definition) is 3. The molecule has 5 nitrogen and oxygen atoms in total. The molecule has 1 atom stereocenters. The maximum atomic E-state index is 11.2. The van der Waals surface area contributed by atoms with Crippen molar-refractivity contribution < 1.29 is 4.79 Å². The molecule has 112 valence electrons. The molecule has 1 aliphatic heterocycles. The largest absolute Gasteiger partial charge is 0.352 e. The van der Waals surface area contributed by atoms with Gasteiger partial charge in [-0.05, 0) is 38.4 Å². The van der Waals surface area contributed by atoms with Gasteiger partial charge in [0.1, 0.15) is 5.65 Å². The van der Waals surface area contributed by atoms with Crippen LogP contribution < -0.4 is 5.32 Å². The highest BCUT2D eigenvalue weighted by Crippen LogP contribution is 2.15. The number of nitrogens with one attached hydrogen (secondary N) is 1. The Balaban J connectivity index is 1.70. The second-order valence-electron chi connectivity index (χ2n) is 5.90. The van der Waals surface area contributed by atoms with E-state index in [1.165, 1.54) is 5.69 Å². The molecule has 5 heteroatoms. The molecular formula is C16H22N4O. The number of aromatic nitrogens is 2. The number of aryl methyl sites for hydroxylation is 1. The number of carbonyl (C=O) groups excluding carboxylic acids is 1. The Labute approximate surface area is 125 Å². The molecule has 0 radical (unpaired) electrons. The molecule has 3 heterocycles. The summed E-state index contributed by atoms with van der Waals surface area (Å²) < 4.78 is 2.13. The van der Waals surface area contributed by atoms with E-state index in [1.807, 2.05) is 12.1 Å². The van der Waals surface area contributed by atoms with Crippen LogP contribution in [0.4, 0.5) is 0 Å². The molecule has 0 saturated carbocycles. The van der Waals surface area contributed by atoms with Crippen LogP contribution in [0.25, 0.3) is 5.65 Å². The molecule has 0 bridgehead atoms. The van der Waals surface area contributed by atoms with Gasteiger partial charge in [-0.1, -0.05) is 6.07 Å². The third-order valence-electron chi connectivity index (χ3n) is 4.04. The number of carbonyl (C=O) groups is 1. The number of nitrogens with zero attached hydrogens (tertiary/aromatic N) is 3. The number of piperidine rings is 1. The summed E-state index contributed by atoms with van der Waals surface area (Å²) in [5, 5.41) is 3.03. The summed E-state index contributed by atoms with van der Waals surface area (Å²) in [4.78, 5) is 18.3. The molecule has 1 N–H and O–H groups in total. The molecule has 21 heavy (non-hydrogen) atoms. The zero-order valence-corrected chi connectivity index (χ0v) is 12.7. The molecule has 2 aromatic heterocycles. The van der Waals surface area contributed by atoms with Crippen molar-refractivity contribution in [2.24, 2.45) is 0 Å². The molecule has 1 saturated heterocycles. The first kappa shape index (κ1) is 14.1. The van der Waals surface area contributed by atoms with Crippen molar-refractivity contribution >= 4 is 11.6 Å².